The summed E-state index contributed by atoms with van der Waals surface area (Å²) < 4.78 is 0. The molecule has 1 heterocycles. The second kappa shape index (κ2) is 4.97. The van der Waals surface area contributed by atoms with Crippen molar-refractivity contribution < 1.29 is 4.92 Å². The Balaban J connectivity index is 1.95. The largest absolute Gasteiger partial charge is 0.355 e. The maximum Gasteiger partial charge on any atom is 0.269 e. The number of pyridine rings is 1. The highest BCUT2D eigenvalue weighted by molar-refractivity contribution is 5.92. The lowest BCUT2D eigenvalue weighted by Crippen LogP contribution is -1.93. The van der Waals surface area contributed by atoms with Crippen LogP contribution in [0.4, 0.5) is 17.1 Å². The van der Waals surface area contributed by atoms with Gasteiger partial charge in [0.1, 0.15) is 0 Å². The number of anilines is 2. The van der Waals surface area contributed by atoms with Gasteiger partial charge in [-0.15, -0.1) is 0 Å². The summed E-state index contributed by atoms with van der Waals surface area (Å²) in [6, 6.07) is 16.0. The van der Waals surface area contributed by atoms with Crippen LogP contribution in [0.2, 0.25) is 0 Å². The zero-order valence-corrected chi connectivity index (χ0v) is 10.5. The summed E-state index contributed by atoms with van der Waals surface area (Å²) >= 11 is 0. The van der Waals surface area contributed by atoms with Crippen LogP contribution < -0.4 is 5.32 Å². The lowest BCUT2D eigenvalue weighted by molar-refractivity contribution is -0.384. The minimum Gasteiger partial charge on any atom is -0.355 e. The van der Waals surface area contributed by atoms with Gasteiger partial charge >= 0.3 is 0 Å². The average molecular weight is 265 g/mol. The first kappa shape index (κ1) is 12.1. The van der Waals surface area contributed by atoms with Crippen LogP contribution in [0.3, 0.4) is 0 Å². The summed E-state index contributed by atoms with van der Waals surface area (Å²) in [6.45, 7) is 0. The van der Waals surface area contributed by atoms with Gasteiger partial charge in [-0.25, -0.2) is 0 Å². The number of hydrogen-bond donors (Lipinski definition) is 1. The molecule has 0 atom stereocenters. The maximum atomic E-state index is 10.6. The summed E-state index contributed by atoms with van der Waals surface area (Å²) in [4.78, 5) is 14.5. The lowest BCUT2D eigenvalue weighted by atomic mass is 10.1. The molecule has 3 rings (SSSR count). The number of nitrogens with zero attached hydrogens (tertiary/aromatic N) is 2. The predicted octanol–water partition coefficient (Wildman–Crippen LogP) is 3.89. The minimum absolute atomic E-state index is 0.0788. The number of rotatable bonds is 3. The molecule has 1 N–H and O–H groups in total. The number of nitrogens with one attached hydrogen (secondary N) is 1. The van der Waals surface area contributed by atoms with Crippen LogP contribution in [0.1, 0.15) is 0 Å². The number of aromatic nitrogens is 1. The van der Waals surface area contributed by atoms with Gasteiger partial charge in [-0.3, -0.25) is 15.1 Å². The van der Waals surface area contributed by atoms with Crippen LogP contribution in [-0.4, -0.2) is 9.91 Å². The molecule has 0 spiro atoms. The number of nitro benzene ring substituents is 1. The molecule has 98 valence electrons. The summed E-state index contributed by atoms with van der Waals surface area (Å²) in [5.41, 5.74) is 2.70. The Morgan fingerprint density at radius 2 is 1.80 bits per heavy atom. The highest BCUT2D eigenvalue weighted by Gasteiger charge is 2.05. The summed E-state index contributed by atoms with van der Waals surface area (Å²) in [5.74, 6) is 0. The standard InChI is InChI=1S/C15H11N3O2/c19-18(20)12-8-6-11(7-9-12)17-15-5-1-4-14-13(15)3-2-10-16-14/h1-10,17H. The van der Waals surface area contributed by atoms with E-state index in [1.165, 1.54) is 12.1 Å². The van der Waals surface area contributed by atoms with Gasteiger partial charge in [0.2, 0.25) is 0 Å². The van der Waals surface area contributed by atoms with Crippen molar-refractivity contribution in [2.75, 3.05) is 5.32 Å². The fraction of sp³-hybridized carbons (Fsp3) is 0. The van der Waals surface area contributed by atoms with Crippen LogP contribution in [0.15, 0.2) is 60.8 Å². The van der Waals surface area contributed by atoms with Gasteiger partial charge in [0.15, 0.2) is 0 Å². The van der Waals surface area contributed by atoms with Crippen LogP contribution in [0, 0.1) is 10.1 Å². The predicted molar refractivity (Wildman–Crippen MR) is 78.1 cm³/mol. The summed E-state index contributed by atoms with van der Waals surface area (Å²) in [7, 11) is 0. The van der Waals surface area contributed by atoms with Crippen LogP contribution in [-0.2, 0) is 0 Å². The van der Waals surface area contributed by atoms with Gasteiger partial charge in [0.05, 0.1) is 10.4 Å². The Morgan fingerprint density at radius 3 is 2.55 bits per heavy atom. The Kier molecular flexibility index (Phi) is 3.01. The van der Waals surface area contributed by atoms with Gasteiger partial charge in [0, 0.05) is 35.1 Å². The van der Waals surface area contributed by atoms with Crippen molar-refractivity contribution in [1.82, 2.24) is 4.98 Å². The average Bonchev–Trinajstić information content (AvgIpc) is 2.48. The molecule has 5 heteroatoms. The zero-order valence-electron chi connectivity index (χ0n) is 10.5. The molecule has 0 aliphatic rings. The molecule has 0 aliphatic carbocycles. The van der Waals surface area contributed by atoms with Crippen molar-refractivity contribution in [2.45, 2.75) is 0 Å². The molecule has 0 saturated heterocycles. The number of nitro groups is 1. The molecule has 0 amide bonds. The molecular formula is C15H11N3O2. The van der Waals surface area contributed by atoms with E-state index in [1.54, 1.807) is 18.3 Å². The van der Waals surface area contributed by atoms with E-state index in [1.807, 2.05) is 30.3 Å². The second-order valence-electron chi connectivity index (χ2n) is 4.30. The quantitative estimate of drug-likeness (QED) is 0.576. The molecular weight excluding hydrogens is 254 g/mol. The minimum atomic E-state index is -0.411. The van der Waals surface area contributed by atoms with Gasteiger partial charge in [-0.2, -0.15) is 0 Å². The third kappa shape index (κ3) is 2.29. The Morgan fingerprint density at radius 1 is 1.00 bits per heavy atom. The summed E-state index contributed by atoms with van der Waals surface area (Å²) in [5, 5.41) is 14.9. The fourth-order valence-electron chi connectivity index (χ4n) is 2.03. The van der Waals surface area contributed by atoms with E-state index >= 15 is 0 Å². The number of hydrogen-bond acceptors (Lipinski definition) is 4. The van der Waals surface area contributed by atoms with Crippen molar-refractivity contribution in [3.63, 3.8) is 0 Å². The normalized spacial score (nSPS) is 10.4. The Labute approximate surface area is 115 Å². The van der Waals surface area contributed by atoms with Crippen molar-refractivity contribution in [3.8, 4) is 0 Å². The monoisotopic (exact) mass is 265 g/mol. The first-order valence-corrected chi connectivity index (χ1v) is 6.09. The van der Waals surface area contributed by atoms with Crippen LogP contribution >= 0.6 is 0 Å². The van der Waals surface area contributed by atoms with E-state index in [4.69, 9.17) is 0 Å². The van der Waals surface area contributed by atoms with E-state index in [0.717, 1.165) is 22.3 Å². The van der Waals surface area contributed by atoms with Crippen molar-refractivity contribution >= 4 is 28.0 Å². The van der Waals surface area contributed by atoms with Gasteiger partial charge in [0.25, 0.3) is 5.69 Å². The fourth-order valence-corrected chi connectivity index (χ4v) is 2.03. The van der Waals surface area contributed by atoms with E-state index in [2.05, 4.69) is 10.3 Å². The molecule has 0 aliphatic heterocycles. The highest BCUT2D eigenvalue weighted by atomic mass is 16.6. The smallest absolute Gasteiger partial charge is 0.269 e. The molecule has 1 aromatic heterocycles. The topological polar surface area (TPSA) is 68.1 Å². The van der Waals surface area contributed by atoms with E-state index in [-0.39, 0.29) is 5.69 Å². The van der Waals surface area contributed by atoms with E-state index < -0.39 is 4.92 Å². The molecule has 0 saturated carbocycles. The maximum absolute atomic E-state index is 10.6. The molecule has 0 bridgehead atoms. The van der Waals surface area contributed by atoms with E-state index in [0.29, 0.717) is 0 Å². The van der Waals surface area contributed by atoms with Crippen LogP contribution in [0.5, 0.6) is 0 Å². The zero-order chi connectivity index (χ0) is 13.9. The molecule has 20 heavy (non-hydrogen) atoms. The van der Waals surface area contributed by atoms with E-state index in [9.17, 15) is 10.1 Å². The third-order valence-corrected chi connectivity index (χ3v) is 3.00. The van der Waals surface area contributed by atoms with Gasteiger partial charge < -0.3 is 5.32 Å². The Hall–Kier alpha value is -2.95. The number of non-ortho nitro benzene ring substituents is 1. The number of fused-ring (bicyclic) bond motifs is 1. The second-order valence-corrected chi connectivity index (χ2v) is 4.30. The third-order valence-electron chi connectivity index (χ3n) is 3.00. The first-order valence-electron chi connectivity index (χ1n) is 6.09. The van der Waals surface area contributed by atoms with Crippen molar-refractivity contribution in [2.24, 2.45) is 0 Å². The molecule has 0 fully saturated rings. The molecule has 2 aromatic carbocycles. The molecule has 0 unspecified atom stereocenters. The van der Waals surface area contributed by atoms with Crippen molar-refractivity contribution in [3.05, 3.63) is 70.9 Å². The van der Waals surface area contributed by atoms with Crippen molar-refractivity contribution in [1.29, 1.82) is 0 Å². The molecule has 0 radical (unpaired) electrons. The van der Waals surface area contributed by atoms with Gasteiger partial charge in [-0.05, 0) is 36.4 Å². The SMILES string of the molecule is O=[N+]([O-])c1ccc(Nc2cccc3ncccc23)cc1. The number of benzene rings is 2. The Bertz CT molecular complexity index is 764. The highest BCUT2D eigenvalue weighted by Crippen LogP contribution is 2.26. The van der Waals surface area contributed by atoms with Gasteiger partial charge in [-0.1, -0.05) is 6.07 Å². The van der Waals surface area contributed by atoms with Crippen LogP contribution in [0.25, 0.3) is 10.9 Å². The first-order chi connectivity index (χ1) is 9.74. The molecule has 5 nitrogen and oxygen atoms in total. The molecule has 3 aromatic rings. The summed E-state index contributed by atoms with van der Waals surface area (Å²) in [6.07, 6.45) is 1.75. The lowest BCUT2D eigenvalue weighted by Gasteiger charge is -2.09.